The highest BCUT2D eigenvalue weighted by molar-refractivity contribution is 5.08. The topological polar surface area (TPSA) is 84.2 Å². The van der Waals surface area contributed by atoms with Crippen molar-refractivity contribution in [1.82, 2.24) is 4.90 Å². The number of rotatable bonds is 1. The number of nitrogens with zero attached hydrogens (tertiary/aromatic N) is 1. The van der Waals surface area contributed by atoms with Crippen molar-refractivity contribution in [3.63, 3.8) is 0 Å². The second-order valence-corrected chi connectivity index (χ2v) is 4.31. The predicted molar refractivity (Wildman–Crippen MR) is 48.6 cm³/mol. The van der Waals surface area contributed by atoms with Gasteiger partial charge in [0.15, 0.2) is 0 Å². The quantitative estimate of drug-likeness (QED) is 0.393. The van der Waals surface area contributed by atoms with Gasteiger partial charge in [0.05, 0.1) is 18.2 Å². The molecular formula is C9H17NO4. The van der Waals surface area contributed by atoms with Gasteiger partial charge in [-0.05, 0) is 19.4 Å². The fraction of sp³-hybridized carbons (Fsp3) is 1.00. The lowest BCUT2D eigenvalue weighted by Gasteiger charge is -2.48. The van der Waals surface area contributed by atoms with E-state index in [1.165, 1.54) is 0 Å². The minimum Gasteiger partial charge on any atom is -0.394 e. The van der Waals surface area contributed by atoms with E-state index >= 15 is 0 Å². The lowest BCUT2D eigenvalue weighted by Crippen LogP contribution is -2.68. The molecule has 0 aliphatic carbocycles. The van der Waals surface area contributed by atoms with Gasteiger partial charge in [-0.3, -0.25) is 4.90 Å². The van der Waals surface area contributed by atoms with Gasteiger partial charge in [0.2, 0.25) is 0 Å². The fourth-order valence-corrected chi connectivity index (χ4v) is 2.70. The third kappa shape index (κ3) is 1.20. The van der Waals surface area contributed by atoms with Crippen LogP contribution in [0, 0.1) is 0 Å². The van der Waals surface area contributed by atoms with Gasteiger partial charge in [0, 0.05) is 6.54 Å². The molecular weight excluding hydrogens is 186 g/mol. The number of β-amino-alcohol motifs (C(OH)–C–C–N with tert-alkyl or cyclic N) is 1. The molecule has 2 fully saturated rings. The van der Waals surface area contributed by atoms with E-state index in [9.17, 15) is 20.4 Å². The summed E-state index contributed by atoms with van der Waals surface area (Å²) in [5.74, 6) is 0. The Bertz CT molecular complexity index is 225. The van der Waals surface area contributed by atoms with Crippen LogP contribution in [0.5, 0.6) is 0 Å². The van der Waals surface area contributed by atoms with Gasteiger partial charge in [-0.25, -0.2) is 0 Å². The molecule has 0 amide bonds. The fourth-order valence-electron chi connectivity index (χ4n) is 2.70. The van der Waals surface area contributed by atoms with Crippen molar-refractivity contribution in [3.05, 3.63) is 0 Å². The molecule has 0 saturated carbocycles. The molecule has 4 atom stereocenters. The third-order valence-corrected chi connectivity index (χ3v) is 3.62. The summed E-state index contributed by atoms with van der Waals surface area (Å²) in [6.45, 7) is 0.929. The molecule has 0 aromatic carbocycles. The Labute approximate surface area is 82.6 Å². The van der Waals surface area contributed by atoms with Crippen molar-refractivity contribution in [2.45, 2.75) is 36.7 Å². The van der Waals surface area contributed by atoms with Crippen molar-refractivity contribution in [2.24, 2.45) is 0 Å². The van der Waals surface area contributed by atoms with Crippen molar-refractivity contribution in [1.29, 1.82) is 0 Å². The molecule has 14 heavy (non-hydrogen) atoms. The Morgan fingerprint density at radius 3 is 2.64 bits per heavy atom. The standard InChI is InChI=1S/C9H17NO4/c11-5-9-2-1-3-10(9)4-6(12)7(13)8(9)14/h6-8,11-14H,1-5H2/t6-,7-,8+,9-/m1/s1. The molecule has 0 radical (unpaired) electrons. The molecule has 2 aliphatic heterocycles. The molecule has 0 spiro atoms. The van der Waals surface area contributed by atoms with E-state index in [1.807, 2.05) is 4.90 Å². The first-order valence-electron chi connectivity index (χ1n) is 5.02. The van der Waals surface area contributed by atoms with E-state index in [0.717, 1.165) is 13.0 Å². The van der Waals surface area contributed by atoms with Crippen molar-refractivity contribution in [2.75, 3.05) is 19.7 Å². The highest BCUT2D eigenvalue weighted by atomic mass is 16.4. The minimum absolute atomic E-state index is 0.169. The normalized spacial score (nSPS) is 49.3. The minimum atomic E-state index is -1.14. The van der Waals surface area contributed by atoms with Gasteiger partial charge in [0.25, 0.3) is 0 Å². The van der Waals surface area contributed by atoms with E-state index in [-0.39, 0.29) is 6.61 Å². The van der Waals surface area contributed by atoms with Gasteiger partial charge in [-0.2, -0.15) is 0 Å². The van der Waals surface area contributed by atoms with Crippen molar-refractivity contribution in [3.8, 4) is 0 Å². The first-order valence-corrected chi connectivity index (χ1v) is 5.02. The molecule has 0 bridgehead atoms. The van der Waals surface area contributed by atoms with Crippen LogP contribution in [-0.4, -0.2) is 68.9 Å². The SMILES string of the molecule is OC[C@@]12CCCN1C[C@@H](O)[C@@H](O)[C@@H]2O. The van der Waals surface area contributed by atoms with Gasteiger partial charge in [-0.1, -0.05) is 0 Å². The molecule has 0 unspecified atom stereocenters. The predicted octanol–water partition coefficient (Wildman–Crippen LogP) is -2.09. The first-order chi connectivity index (χ1) is 6.62. The molecule has 0 aromatic heterocycles. The van der Waals surface area contributed by atoms with Crippen LogP contribution in [0.15, 0.2) is 0 Å². The summed E-state index contributed by atoms with van der Waals surface area (Å²) in [6.07, 6.45) is -1.55. The number of hydrogen-bond acceptors (Lipinski definition) is 5. The molecule has 4 N–H and O–H groups in total. The summed E-state index contributed by atoms with van der Waals surface area (Å²) in [6, 6.07) is 0. The summed E-state index contributed by atoms with van der Waals surface area (Å²) in [7, 11) is 0. The number of aliphatic hydroxyl groups is 4. The number of hydrogen-bond donors (Lipinski definition) is 4. The molecule has 5 heteroatoms. The second-order valence-electron chi connectivity index (χ2n) is 4.31. The van der Waals surface area contributed by atoms with Crippen LogP contribution in [0.25, 0.3) is 0 Å². The molecule has 0 aromatic rings. The largest absolute Gasteiger partial charge is 0.394 e. The van der Waals surface area contributed by atoms with Gasteiger partial charge >= 0.3 is 0 Å². The van der Waals surface area contributed by atoms with Crippen LogP contribution < -0.4 is 0 Å². The van der Waals surface area contributed by atoms with Crippen LogP contribution in [0.4, 0.5) is 0 Å². The zero-order valence-corrected chi connectivity index (χ0v) is 8.00. The summed E-state index contributed by atoms with van der Waals surface area (Å²) in [5, 5.41) is 38.2. The summed E-state index contributed by atoms with van der Waals surface area (Å²) in [4.78, 5) is 1.88. The number of piperidine rings is 1. The summed E-state index contributed by atoms with van der Waals surface area (Å²) in [5.41, 5.74) is -0.724. The van der Waals surface area contributed by atoms with Crippen molar-refractivity contribution >= 4 is 0 Å². The van der Waals surface area contributed by atoms with E-state index in [4.69, 9.17) is 0 Å². The summed E-state index contributed by atoms with van der Waals surface area (Å²) < 4.78 is 0. The smallest absolute Gasteiger partial charge is 0.109 e. The first kappa shape index (κ1) is 10.3. The number of aliphatic hydroxyl groups excluding tert-OH is 4. The van der Waals surface area contributed by atoms with Gasteiger partial charge in [0.1, 0.15) is 12.2 Å². The summed E-state index contributed by atoms with van der Waals surface area (Å²) >= 11 is 0. The maximum absolute atomic E-state index is 9.86. The maximum Gasteiger partial charge on any atom is 0.109 e. The van der Waals surface area contributed by atoms with E-state index < -0.39 is 23.9 Å². The van der Waals surface area contributed by atoms with Crippen LogP contribution >= 0.6 is 0 Å². The lowest BCUT2D eigenvalue weighted by atomic mass is 9.81. The third-order valence-electron chi connectivity index (χ3n) is 3.62. The highest BCUT2D eigenvalue weighted by Gasteiger charge is 2.54. The number of fused-ring (bicyclic) bond motifs is 1. The van der Waals surface area contributed by atoms with Crippen LogP contribution in [0.1, 0.15) is 12.8 Å². The Balaban J connectivity index is 2.26. The Hall–Kier alpha value is -0.200. The van der Waals surface area contributed by atoms with E-state index in [2.05, 4.69) is 0 Å². The monoisotopic (exact) mass is 203 g/mol. The van der Waals surface area contributed by atoms with E-state index in [1.54, 1.807) is 0 Å². The average molecular weight is 203 g/mol. The molecule has 2 aliphatic rings. The van der Waals surface area contributed by atoms with Crippen molar-refractivity contribution < 1.29 is 20.4 Å². The van der Waals surface area contributed by atoms with Crippen LogP contribution in [-0.2, 0) is 0 Å². The Morgan fingerprint density at radius 1 is 1.29 bits per heavy atom. The Kier molecular flexibility index (Phi) is 2.53. The van der Waals surface area contributed by atoms with E-state index in [0.29, 0.717) is 13.0 Å². The zero-order valence-electron chi connectivity index (χ0n) is 8.00. The molecule has 2 saturated heterocycles. The molecule has 5 nitrogen and oxygen atoms in total. The second kappa shape index (κ2) is 3.43. The van der Waals surface area contributed by atoms with Crippen LogP contribution in [0.3, 0.4) is 0 Å². The highest BCUT2D eigenvalue weighted by Crippen LogP contribution is 2.37. The Morgan fingerprint density at radius 2 is 2.00 bits per heavy atom. The zero-order chi connectivity index (χ0) is 10.3. The van der Waals surface area contributed by atoms with Gasteiger partial charge < -0.3 is 20.4 Å². The average Bonchev–Trinajstić information content (AvgIpc) is 2.59. The lowest BCUT2D eigenvalue weighted by molar-refractivity contribution is -0.174. The molecule has 2 rings (SSSR count). The van der Waals surface area contributed by atoms with Crippen LogP contribution in [0.2, 0.25) is 0 Å². The molecule has 2 heterocycles. The molecule has 82 valence electrons. The van der Waals surface area contributed by atoms with Gasteiger partial charge in [-0.15, -0.1) is 0 Å². The maximum atomic E-state index is 9.86.